The van der Waals surface area contributed by atoms with Gasteiger partial charge < -0.3 is 24.0 Å². The molecule has 0 saturated heterocycles. The molecule has 0 aliphatic rings. The van der Waals surface area contributed by atoms with Gasteiger partial charge in [0.1, 0.15) is 18.3 Å². The van der Waals surface area contributed by atoms with Crippen molar-refractivity contribution >= 4 is 26.4 Å². The molecule has 6 nitrogen and oxygen atoms in total. The Bertz CT molecular complexity index is 640. The highest BCUT2D eigenvalue weighted by Gasteiger charge is 2.15. The van der Waals surface area contributed by atoms with Crippen molar-refractivity contribution < 1.29 is 19.4 Å². The number of imidazole rings is 1. The number of hydrogen-bond donors (Lipinski definition) is 2. The van der Waals surface area contributed by atoms with E-state index in [1.54, 1.807) is 12.1 Å². The van der Waals surface area contributed by atoms with Crippen LogP contribution in [-0.4, -0.2) is 41.6 Å². The molecule has 2 aromatic rings. The maximum absolute atomic E-state index is 8.84. The predicted molar refractivity (Wildman–Crippen MR) is 89.4 cm³/mol. The van der Waals surface area contributed by atoms with E-state index in [-0.39, 0.29) is 0 Å². The fourth-order valence-electron chi connectivity index (χ4n) is 2.12. The topological polar surface area (TPSA) is 76.7 Å². The molecule has 8 heteroatoms. The molecule has 0 unspecified atom stereocenters. The first-order chi connectivity index (χ1) is 10.3. The van der Waals surface area contributed by atoms with E-state index in [2.05, 4.69) is 24.6 Å². The molecule has 1 aromatic heterocycles. The summed E-state index contributed by atoms with van der Waals surface area (Å²) < 4.78 is 12.6. The first-order valence-corrected chi connectivity index (χ1v) is 11.0. The van der Waals surface area contributed by atoms with Gasteiger partial charge in [0.25, 0.3) is 0 Å². The van der Waals surface area contributed by atoms with Crippen molar-refractivity contribution in [3.8, 4) is 5.75 Å². The zero-order chi connectivity index (χ0) is 16.3. The summed E-state index contributed by atoms with van der Waals surface area (Å²) in [6, 6.07) is 6.34. The third-order valence-corrected chi connectivity index (χ3v) is 5.07. The zero-order valence-electron chi connectivity index (χ0n) is 13.5. The number of fused-ring (bicyclic) bond motifs is 1. The lowest BCUT2D eigenvalue weighted by molar-refractivity contribution is 0.0885. The second-order valence-corrected chi connectivity index (χ2v) is 12.2. The SMILES string of the molecule is Cc1nc2cc(OB(O)O)ccc2n1COCC[Si](C)(C)C. The summed E-state index contributed by atoms with van der Waals surface area (Å²) in [6.45, 7) is 10.1. The lowest BCUT2D eigenvalue weighted by Gasteiger charge is -2.16. The molecule has 2 N–H and O–H groups in total. The van der Waals surface area contributed by atoms with Crippen molar-refractivity contribution in [3.63, 3.8) is 0 Å². The van der Waals surface area contributed by atoms with Gasteiger partial charge in [-0.05, 0) is 25.1 Å². The first-order valence-electron chi connectivity index (χ1n) is 7.34. The number of hydrogen-bond acceptors (Lipinski definition) is 5. The molecule has 0 spiro atoms. The number of aromatic nitrogens is 2. The van der Waals surface area contributed by atoms with Gasteiger partial charge in [-0.25, -0.2) is 4.98 Å². The van der Waals surface area contributed by atoms with E-state index in [0.717, 1.165) is 29.5 Å². The van der Waals surface area contributed by atoms with Crippen LogP contribution in [0.3, 0.4) is 0 Å². The van der Waals surface area contributed by atoms with E-state index in [9.17, 15) is 0 Å². The lowest BCUT2D eigenvalue weighted by atomic mass is 10.2. The Balaban J connectivity index is 2.08. The average molecular weight is 322 g/mol. The number of aryl methyl sites for hydroxylation is 1. The summed E-state index contributed by atoms with van der Waals surface area (Å²) in [4.78, 5) is 4.46. The van der Waals surface area contributed by atoms with Crippen LogP contribution in [0.1, 0.15) is 5.82 Å². The van der Waals surface area contributed by atoms with Gasteiger partial charge in [0.05, 0.1) is 11.0 Å². The van der Waals surface area contributed by atoms with E-state index in [1.165, 1.54) is 0 Å². The summed E-state index contributed by atoms with van der Waals surface area (Å²) in [5, 5.41) is 17.7. The minimum absolute atomic E-state index is 0.367. The molecular formula is C14H23BN2O4Si. The molecule has 22 heavy (non-hydrogen) atoms. The highest BCUT2D eigenvalue weighted by atomic mass is 28.3. The number of ether oxygens (including phenoxy) is 1. The van der Waals surface area contributed by atoms with Crippen molar-refractivity contribution in [3.05, 3.63) is 24.0 Å². The molecule has 0 saturated carbocycles. The Morgan fingerprint density at radius 3 is 2.64 bits per heavy atom. The summed E-state index contributed by atoms with van der Waals surface area (Å²) in [7, 11) is -2.91. The molecule has 120 valence electrons. The van der Waals surface area contributed by atoms with Gasteiger partial charge in [0.15, 0.2) is 0 Å². The number of benzene rings is 1. The van der Waals surface area contributed by atoms with Crippen LogP contribution in [0.2, 0.25) is 25.7 Å². The van der Waals surface area contributed by atoms with E-state index >= 15 is 0 Å². The maximum Gasteiger partial charge on any atom is 0.707 e. The van der Waals surface area contributed by atoms with Crippen molar-refractivity contribution in [1.29, 1.82) is 0 Å². The van der Waals surface area contributed by atoms with Gasteiger partial charge in [0, 0.05) is 20.7 Å². The summed E-state index contributed by atoms with van der Waals surface area (Å²) in [5.74, 6) is 1.22. The highest BCUT2D eigenvalue weighted by Crippen LogP contribution is 2.22. The molecule has 2 rings (SSSR count). The standard InChI is InChI=1S/C14H23BN2O4Si/c1-11-16-13-9-12(21-15(18)19)5-6-14(13)17(11)10-20-7-8-22(2,3)4/h5-6,9,18-19H,7-8,10H2,1-4H3. The van der Waals surface area contributed by atoms with E-state index in [4.69, 9.17) is 19.4 Å². The molecule has 0 fully saturated rings. The third-order valence-electron chi connectivity index (χ3n) is 3.37. The minimum atomic E-state index is -1.83. The second-order valence-electron chi connectivity index (χ2n) is 6.53. The minimum Gasteiger partial charge on any atom is -0.512 e. The Morgan fingerprint density at radius 1 is 1.27 bits per heavy atom. The molecular weight excluding hydrogens is 299 g/mol. The number of rotatable bonds is 7. The van der Waals surface area contributed by atoms with Crippen LogP contribution in [0.4, 0.5) is 0 Å². The van der Waals surface area contributed by atoms with Crippen LogP contribution in [0.5, 0.6) is 5.75 Å². The van der Waals surface area contributed by atoms with Crippen molar-refractivity contribution in [2.45, 2.75) is 39.3 Å². The predicted octanol–water partition coefficient (Wildman–Crippen LogP) is 2.01. The van der Waals surface area contributed by atoms with E-state index in [1.807, 2.05) is 17.6 Å². The fraction of sp³-hybridized carbons (Fsp3) is 0.500. The Labute approximate surface area is 131 Å². The third kappa shape index (κ3) is 4.57. The van der Waals surface area contributed by atoms with Crippen LogP contribution in [0, 0.1) is 6.92 Å². The molecule has 0 amide bonds. The highest BCUT2D eigenvalue weighted by molar-refractivity contribution is 6.76. The molecule has 0 radical (unpaired) electrons. The first kappa shape index (κ1) is 17.0. The van der Waals surface area contributed by atoms with E-state index in [0.29, 0.717) is 12.5 Å². The Kier molecular flexibility index (Phi) is 5.28. The molecule has 1 aromatic carbocycles. The molecule has 0 atom stereocenters. The summed E-state index contributed by atoms with van der Waals surface area (Å²) in [6.07, 6.45) is 0. The van der Waals surface area contributed by atoms with Crippen LogP contribution < -0.4 is 4.65 Å². The van der Waals surface area contributed by atoms with Gasteiger partial charge >= 0.3 is 7.32 Å². The normalized spacial score (nSPS) is 11.9. The largest absolute Gasteiger partial charge is 0.707 e. The number of nitrogens with zero attached hydrogens (tertiary/aromatic N) is 2. The van der Waals surface area contributed by atoms with Gasteiger partial charge in [-0.15, -0.1) is 0 Å². The van der Waals surface area contributed by atoms with Crippen LogP contribution in [0.15, 0.2) is 18.2 Å². The maximum atomic E-state index is 8.84. The smallest absolute Gasteiger partial charge is 0.512 e. The summed E-state index contributed by atoms with van der Waals surface area (Å²) >= 11 is 0. The summed E-state index contributed by atoms with van der Waals surface area (Å²) in [5.41, 5.74) is 1.68. The van der Waals surface area contributed by atoms with Gasteiger partial charge in [-0.1, -0.05) is 19.6 Å². The second kappa shape index (κ2) is 6.82. The lowest BCUT2D eigenvalue weighted by Crippen LogP contribution is -2.22. The Hall–Kier alpha value is -1.35. The van der Waals surface area contributed by atoms with Crippen LogP contribution in [-0.2, 0) is 11.5 Å². The molecule has 0 aliphatic heterocycles. The van der Waals surface area contributed by atoms with Gasteiger partial charge in [-0.2, -0.15) is 0 Å². The fourth-order valence-corrected chi connectivity index (χ4v) is 2.88. The van der Waals surface area contributed by atoms with Crippen molar-refractivity contribution in [2.75, 3.05) is 6.61 Å². The van der Waals surface area contributed by atoms with E-state index < -0.39 is 15.4 Å². The molecule has 0 aliphatic carbocycles. The zero-order valence-corrected chi connectivity index (χ0v) is 14.5. The molecule has 0 bridgehead atoms. The Morgan fingerprint density at radius 2 is 2.00 bits per heavy atom. The average Bonchev–Trinajstić information content (AvgIpc) is 2.68. The monoisotopic (exact) mass is 322 g/mol. The van der Waals surface area contributed by atoms with Gasteiger partial charge in [0.2, 0.25) is 0 Å². The van der Waals surface area contributed by atoms with Gasteiger partial charge in [-0.3, -0.25) is 0 Å². The quantitative estimate of drug-likeness (QED) is 0.602. The molecule has 1 heterocycles. The van der Waals surface area contributed by atoms with Crippen molar-refractivity contribution in [1.82, 2.24) is 9.55 Å². The van der Waals surface area contributed by atoms with Crippen LogP contribution in [0.25, 0.3) is 11.0 Å². The van der Waals surface area contributed by atoms with Crippen LogP contribution >= 0.6 is 0 Å². The van der Waals surface area contributed by atoms with Crippen molar-refractivity contribution in [2.24, 2.45) is 0 Å².